The van der Waals surface area contributed by atoms with Gasteiger partial charge in [-0.15, -0.1) is 24.0 Å². The molecule has 1 aromatic carbocycles. The first kappa shape index (κ1) is 21.5. The molecule has 8 heteroatoms. The van der Waals surface area contributed by atoms with E-state index in [1.165, 1.54) is 5.56 Å². The maximum Gasteiger partial charge on any atom is 0.191 e. The highest BCUT2D eigenvalue weighted by Gasteiger charge is 2.06. The van der Waals surface area contributed by atoms with Gasteiger partial charge in [0.2, 0.25) is 0 Å². The molecule has 144 valence electrons. The monoisotopic (exact) mass is 543 g/mol. The Hall–Kier alpha value is -1.81. The molecule has 2 aromatic heterocycles. The zero-order valence-electron chi connectivity index (χ0n) is 15.5. The van der Waals surface area contributed by atoms with Gasteiger partial charge in [-0.25, -0.2) is 4.98 Å². The van der Waals surface area contributed by atoms with Crippen LogP contribution < -0.4 is 15.4 Å². The van der Waals surface area contributed by atoms with E-state index >= 15 is 0 Å². The summed E-state index contributed by atoms with van der Waals surface area (Å²) in [7, 11) is 3.44. The molecule has 0 atom stereocenters. The minimum atomic E-state index is 0. The number of imidazole rings is 1. The van der Waals surface area contributed by atoms with Crippen molar-refractivity contribution in [1.29, 1.82) is 0 Å². The summed E-state index contributed by atoms with van der Waals surface area (Å²) in [6, 6.07) is 10.1. The molecule has 0 unspecified atom stereocenters. The molecule has 6 nitrogen and oxygen atoms in total. The molecule has 0 amide bonds. The number of fused-ring (bicyclic) bond motifs is 1. The summed E-state index contributed by atoms with van der Waals surface area (Å²) in [6.45, 7) is 3.26. The fraction of sp³-hybridized carbons (Fsp3) is 0.263. The quantitative estimate of drug-likeness (QED) is 0.291. The Morgan fingerprint density at radius 3 is 2.70 bits per heavy atom. The van der Waals surface area contributed by atoms with Crippen molar-refractivity contribution in [1.82, 2.24) is 20.0 Å². The molecule has 2 N–H and O–H groups in total. The lowest BCUT2D eigenvalue weighted by Crippen LogP contribution is -2.36. The first-order chi connectivity index (χ1) is 12.6. The number of halogens is 2. The van der Waals surface area contributed by atoms with Gasteiger partial charge >= 0.3 is 0 Å². The predicted molar refractivity (Wildman–Crippen MR) is 123 cm³/mol. The van der Waals surface area contributed by atoms with E-state index < -0.39 is 0 Å². The van der Waals surface area contributed by atoms with E-state index in [4.69, 9.17) is 4.74 Å². The third kappa shape index (κ3) is 5.58. The van der Waals surface area contributed by atoms with Gasteiger partial charge in [-0.1, -0.05) is 12.1 Å². The Morgan fingerprint density at radius 2 is 1.96 bits per heavy atom. The highest BCUT2D eigenvalue weighted by Crippen LogP contribution is 2.19. The minimum Gasteiger partial charge on any atom is -0.496 e. The molecule has 0 radical (unpaired) electrons. The van der Waals surface area contributed by atoms with Crippen LogP contribution in [0.4, 0.5) is 0 Å². The highest BCUT2D eigenvalue weighted by molar-refractivity contribution is 14.0. The Kier molecular flexibility index (Phi) is 7.91. The maximum atomic E-state index is 5.45. The van der Waals surface area contributed by atoms with Gasteiger partial charge < -0.3 is 19.8 Å². The average Bonchev–Trinajstić information content (AvgIpc) is 3.04. The van der Waals surface area contributed by atoms with Gasteiger partial charge in [0.05, 0.1) is 19.3 Å². The molecular weight excluding hydrogens is 521 g/mol. The van der Waals surface area contributed by atoms with Crippen molar-refractivity contribution in [2.45, 2.75) is 20.0 Å². The van der Waals surface area contributed by atoms with Crippen LogP contribution in [0.15, 0.2) is 52.2 Å². The van der Waals surface area contributed by atoms with E-state index in [-0.39, 0.29) is 24.0 Å². The van der Waals surface area contributed by atoms with Gasteiger partial charge in [0.1, 0.15) is 11.4 Å². The number of guanidine groups is 1. The number of benzene rings is 1. The highest BCUT2D eigenvalue weighted by atomic mass is 127. The normalized spacial score (nSPS) is 11.2. The number of ether oxygens (including phenoxy) is 1. The Morgan fingerprint density at radius 1 is 1.19 bits per heavy atom. The standard InChI is InChI=1S/C19H22BrN5O.HI/c1-13-4-5-14(17(8-13)26-3)9-22-19(21-2)23-10-16-12-25-11-15(20)6-7-18(25)24-16;/h4-8,11-12H,9-10H2,1-3H3,(H2,21,22,23);1H. The molecule has 27 heavy (non-hydrogen) atoms. The first-order valence-corrected chi connectivity index (χ1v) is 9.09. The lowest BCUT2D eigenvalue weighted by Gasteiger charge is -2.13. The number of hydrogen-bond donors (Lipinski definition) is 2. The van der Waals surface area contributed by atoms with Gasteiger partial charge in [-0.05, 0) is 46.6 Å². The Bertz CT molecular complexity index is 941. The summed E-state index contributed by atoms with van der Waals surface area (Å²) in [5.41, 5.74) is 4.11. The summed E-state index contributed by atoms with van der Waals surface area (Å²) in [5.74, 6) is 1.59. The van der Waals surface area contributed by atoms with Gasteiger partial charge in [-0.3, -0.25) is 4.99 Å². The van der Waals surface area contributed by atoms with Crippen LogP contribution in [-0.4, -0.2) is 29.5 Å². The number of nitrogens with one attached hydrogen (secondary N) is 2. The van der Waals surface area contributed by atoms with Crippen LogP contribution >= 0.6 is 39.9 Å². The number of aryl methyl sites for hydroxylation is 1. The van der Waals surface area contributed by atoms with Crippen molar-refractivity contribution in [2.24, 2.45) is 4.99 Å². The van der Waals surface area contributed by atoms with E-state index in [0.717, 1.165) is 27.1 Å². The number of hydrogen-bond acceptors (Lipinski definition) is 3. The number of rotatable bonds is 5. The van der Waals surface area contributed by atoms with Crippen LogP contribution in [0.3, 0.4) is 0 Å². The number of pyridine rings is 1. The van der Waals surface area contributed by atoms with Crippen molar-refractivity contribution in [3.05, 3.63) is 64.0 Å². The summed E-state index contributed by atoms with van der Waals surface area (Å²) in [4.78, 5) is 8.86. The smallest absolute Gasteiger partial charge is 0.191 e. The van der Waals surface area contributed by atoms with Crippen LogP contribution in [0.2, 0.25) is 0 Å². The fourth-order valence-electron chi connectivity index (χ4n) is 2.67. The zero-order chi connectivity index (χ0) is 18.5. The second-order valence-electron chi connectivity index (χ2n) is 5.94. The average molecular weight is 544 g/mol. The molecule has 0 aliphatic heterocycles. The van der Waals surface area contributed by atoms with Crippen molar-refractivity contribution in [3.8, 4) is 5.75 Å². The lowest BCUT2D eigenvalue weighted by molar-refractivity contribution is 0.408. The van der Waals surface area contributed by atoms with Crippen molar-refractivity contribution < 1.29 is 4.74 Å². The number of aliphatic imine (C=N–C) groups is 1. The fourth-order valence-corrected chi connectivity index (χ4v) is 3.03. The van der Waals surface area contributed by atoms with Gasteiger partial charge in [-0.2, -0.15) is 0 Å². The van der Waals surface area contributed by atoms with Gasteiger partial charge in [0.15, 0.2) is 5.96 Å². The summed E-state index contributed by atoms with van der Waals surface area (Å²) < 4.78 is 8.46. The van der Waals surface area contributed by atoms with Gasteiger partial charge in [0.25, 0.3) is 0 Å². The molecule has 0 bridgehead atoms. The Balaban J connectivity index is 0.00000261. The topological polar surface area (TPSA) is 63.0 Å². The lowest BCUT2D eigenvalue weighted by atomic mass is 10.1. The second-order valence-corrected chi connectivity index (χ2v) is 6.86. The third-order valence-corrected chi connectivity index (χ3v) is 4.48. The van der Waals surface area contributed by atoms with E-state index in [1.807, 2.05) is 41.9 Å². The molecule has 0 saturated carbocycles. The second kappa shape index (κ2) is 9.93. The molecule has 0 aliphatic rings. The third-order valence-electron chi connectivity index (χ3n) is 4.01. The SMILES string of the molecule is CN=C(NCc1cn2cc(Br)ccc2n1)NCc1ccc(C)cc1OC.I. The van der Waals surface area contributed by atoms with Gasteiger partial charge in [0, 0.05) is 36.0 Å². The number of methoxy groups -OCH3 is 1. The zero-order valence-corrected chi connectivity index (χ0v) is 19.4. The molecule has 0 aliphatic carbocycles. The number of nitrogens with zero attached hydrogens (tertiary/aromatic N) is 3. The molecule has 3 rings (SSSR count). The van der Waals surface area contributed by atoms with E-state index in [1.54, 1.807) is 14.2 Å². The molecule has 0 spiro atoms. The van der Waals surface area contributed by atoms with Crippen molar-refractivity contribution in [3.63, 3.8) is 0 Å². The summed E-state index contributed by atoms with van der Waals surface area (Å²) in [5, 5.41) is 6.60. The van der Waals surface area contributed by atoms with Crippen molar-refractivity contribution in [2.75, 3.05) is 14.2 Å². The molecule has 0 fully saturated rings. The van der Waals surface area contributed by atoms with E-state index in [9.17, 15) is 0 Å². The van der Waals surface area contributed by atoms with E-state index in [0.29, 0.717) is 19.0 Å². The van der Waals surface area contributed by atoms with Crippen LogP contribution in [0.1, 0.15) is 16.8 Å². The van der Waals surface area contributed by atoms with Crippen LogP contribution in [-0.2, 0) is 13.1 Å². The predicted octanol–water partition coefficient (Wildman–Crippen LogP) is 3.90. The largest absolute Gasteiger partial charge is 0.496 e. The first-order valence-electron chi connectivity index (χ1n) is 8.30. The summed E-state index contributed by atoms with van der Waals surface area (Å²) >= 11 is 3.47. The van der Waals surface area contributed by atoms with Crippen molar-refractivity contribution >= 4 is 51.5 Å². The molecule has 0 saturated heterocycles. The maximum absolute atomic E-state index is 5.45. The molecule has 3 aromatic rings. The molecular formula is C19H23BrIN5O. The minimum absolute atomic E-state index is 0. The van der Waals surface area contributed by atoms with Crippen LogP contribution in [0.25, 0.3) is 5.65 Å². The molecule has 2 heterocycles. The van der Waals surface area contributed by atoms with Crippen LogP contribution in [0.5, 0.6) is 5.75 Å². The summed E-state index contributed by atoms with van der Waals surface area (Å²) in [6.07, 6.45) is 3.99. The number of aromatic nitrogens is 2. The Labute approximate surface area is 184 Å². The van der Waals surface area contributed by atoms with Crippen LogP contribution in [0, 0.1) is 6.92 Å². The van der Waals surface area contributed by atoms with E-state index in [2.05, 4.69) is 48.7 Å².